The molecule has 0 spiro atoms. The van der Waals surface area contributed by atoms with Crippen molar-refractivity contribution in [3.63, 3.8) is 0 Å². The fourth-order valence-electron chi connectivity index (χ4n) is 2.80. The molecule has 27 heavy (non-hydrogen) atoms. The molecular weight excluding hydrogens is 351 g/mol. The van der Waals surface area contributed by atoms with Crippen molar-refractivity contribution >= 4 is 29.6 Å². The number of aromatic nitrogens is 1. The Kier molecular flexibility index (Phi) is 4.81. The number of amides is 4. The number of urea groups is 1. The fourth-order valence-corrected chi connectivity index (χ4v) is 2.80. The summed E-state index contributed by atoms with van der Waals surface area (Å²) in [5.41, 5.74) is 2.83. The molecule has 140 valence electrons. The number of benzene rings is 1. The van der Waals surface area contributed by atoms with Gasteiger partial charge in [-0.15, -0.1) is 0 Å². The summed E-state index contributed by atoms with van der Waals surface area (Å²) in [6.07, 6.45) is 1.58. The van der Waals surface area contributed by atoms with E-state index in [2.05, 4.69) is 10.6 Å². The molecule has 0 unspecified atom stereocenters. The van der Waals surface area contributed by atoms with E-state index in [0.717, 1.165) is 21.9 Å². The summed E-state index contributed by atoms with van der Waals surface area (Å²) >= 11 is 0. The van der Waals surface area contributed by atoms with E-state index < -0.39 is 30.2 Å². The topological polar surface area (TPSA) is 83.4 Å². The van der Waals surface area contributed by atoms with Gasteiger partial charge in [0.1, 0.15) is 18.1 Å². The predicted octanol–water partition coefficient (Wildman–Crippen LogP) is 2.31. The molecule has 0 bridgehead atoms. The lowest BCUT2D eigenvalue weighted by molar-refractivity contribution is -0.127. The van der Waals surface area contributed by atoms with Crippen LogP contribution in [-0.4, -0.2) is 33.9 Å². The first-order valence-corrected chi connectivity index (χ1v) is 8.29. The molecule has 8 heteroatoms. The number of carbonyl (C=O) groups excluding carboxylic acids is 3. The molecule has 1 aromatic carbocycles. The third-order valence-electron chi connectivity index (χ3n) is 4.53. The summed E-state index contributed by atoms with van der Waals surface area (Å²) in [6.45, 7) is 3.33. The molecule has 2 N–H and O–H groups in total. The smallest absolute Gasteiger partial charge is 0.329 e. The van der Waals surface area contributed by atoms with Crippen LogP contribution in [0.3, 0.4) is 0 Å². The third-order valence-corrected chi connectivity index (χ3v) is 4.53. The molecular formula is C19H19FN4O3. The molecule has 2 aromatic rings. The molecule has 3 rings (SSSR count). The number of para-hydroxylation sites is 1. The molecule has 4 amide bonds. The average Bonchev–Trinajstić information content (AvgIpc) is 3.02. The fraction of sp³-hybridized carbons (Fsp3) is 0.211. The highest BCUT2D eigenvalue weighted by atomic mass is 19.1. The van der Waals surface area contributed by atoms with Gasteiger partial charge in [-0.05, 0) is 43.7 Å². The van der Waals surface area contributed by atoms with Crippen molar-refractivity contribution in [2.45, 2.75) is 13.8 Å². The van der Waals surface area contributed by atoms with E-state index in [1.807, 2.05) is 31.5 Å². The number of rotatable bonds is 4. The van der Waals surface area contributed by atoms with E-state index in [0.29, 0.717) is 0 Å². The molecule has 1 aromatic heterocycles. The lowest BCUT2D eigenvalue weighted by atomic mass is 10.2. The summed E-state index contributed by atoms with van der Waals surface area (Å²) in [5.74, 6) is -1.88. The van der Waals surface area contributed by atoms with Gasteiger partial charge in [-0.2, -0.15) is 0 Å². The van der Waals surface area contributed by atoms with Crippen LogP contribution in [0.4, 0.5) is 14.9 Å². The van der Waals surface area contributed by atoms with Crippen LogP contribution in [0.15, 0.2) is 36.0 Å². The number of anilines is 1. The molecule has 0 radical (unpaired) electrons. The van der Waals surface area contributed by atoms with E-state index >= 15 is 0 Å². The van der Waals surface area contributed by atoms with E-state index in [1.165, 1.54) is 18.2 Å². The number of aryl methyl sites for hydroxylation is 1. The molecule has 0 aliphatic carbocycles. The van der Waals surface area contributed by atoms with Gasteiger partial charge >= 0.3 is 6.03 Å². The number of hydrogen-bond donors (Lipinski definition) is 2. The maximum Gasteiger partial charge on any atom is 0.329 e. The van der Waals surface area contributed by atoms with Gasteiger partial charge in [0.2, 0.25) is 5.91 Å². The van der Waals surface area contributed by atoms with E-state index in [4.69, 9.17) is 0 Å². The molecule has 1 aliphatic heterocycles. The number of carbonyl (C=O) groups is 3. The Labute approximate surface area is 155 Å². The van der Waals surface area contributed by atoms with Gasteiger partial charge in [0.05, 0.1) is 5.69 Å². The van der Waals surface area contributed by atoms with Crippen molar-refractivity contribution in [2.24, 2.45) is 7.05 Å². The summed E-state index contributed by atoms with van der Waals surface area (Å²) < 4.78 is 15.6. The zero-order chi connectivity index (χ0) is 19.7. The van der Waals surface area contributed by atoms with Crippen molar-refractivity contribution in [1.82, 2.24) is 14.8 Å². The minimum Gasteiger partial charge on any atom is -0.352 e. The first-order valence-electron chi connectivity index (χ1n) is 8.29. The predicted molar refractivity (Wildman–Crippen MR) is 98.1 cm³/mol. The highest BCUT2D eigenvalue weighted by Gasteiger charge is 2.35. The summed E-state index contributed by atoms with van der Waals surface area (Å²) in [6, 6.07) is 6.86. The van der Waals surface area contributed by atoms with Gasteiger partial charge in [0, 0.05) is 18.4 Å². The van der Waals surface area contributed by atoms with E-state index in [1.54, 1.807) is 12.1 Å². The average molecular weight is 370 g/mol. The quantitative estimate of drug-likeness (QED) is 0.640. The molecule has 2 heterocycles. The van der Waals surface area contributed by atoms with Crippen LogP contribution in [0.2, 0.25) is 0 Å². The lowest BCUT2D eigenvalue weighted by Gasteiger charge is -2.12. The minimum atomic E-state index is -0.694. The highest BCUT2D eigenvalue weighted by Crippen LogP contribution is 2.19. The van der Waals surface area contributed by atoms with Crippen molar-refractivity contribution in [3.05, 3.63) is 58.8 Å². The van der Waals surface area contributed by atoms with Crippen LogP contribution in [0.1, 0.15) is 17.0 Å². The first-order chi connectivity index (χ1) is 12.8. The van der Waals surface area contributed by atoms with Crippen LogP contribution in [0.5, 0.6) is 0 Å². The monoisotopic (exact) mass is 370 g/mol. The van der Waals surface area contributed by atoms with Gasteiger partial charge in [-0.25, -0.2) is 14.1 Å². The standard InChI is InChI=1S/C19H19FN4O3/c1-11-8-13(12(2)23(11)3)9-16-18(26)24(19(27)22-16)10-17(25)21-15-7-5-4-6-14(15)20/h4-9H,10H2,1-3H3,(H,21,25)(H,22,27)/b16-9+. The summed E-state index contributed by atoms with van der Waals surface area (Å²) in [5, 5.41) is 4.83. The molecule has 0 saturated carbocycles. The molecule has 0 atom stereocenters. The number of hydrogen-bond acceptors (Lipinski definition) is 3. The third kappa shape index (κ3) is 3.59. The Balaban J connectivity index is 1.74. The van der Waals surface area contributed by atoms with Crippen LogP contribution >= 0.6 is 0 Å². The summed E-state index contributed by atoms with van der Waals surface area (Å²) in [4.78, 5) is 37.5. The van der Waals surface area contributed by atoms with E-state index in [9.17, 15) is 18.8 Å². The summed E-state index contributed by atoms with van der Waals surface area (Å²) in [7, 11) is 1.90. The Morgan fingerprint density at radius 1 is 1.26 bits per heavy atom. The normalized spacial score (nSPS) is 15.4. The number of nitrogens with one attached hydrogen (secondary N) is 2. The molecule has 1 fully saturated rings. The van der Waals surface area contributed by atoms with Gasteiger partial charge < -0.3 is 15.2 Å². The largest absolute Gasteiger partial charge is 0.352 e. The first kappa shape index (κ1) is 18.4. The number of nitrogens with zero attached hydrogens (tertiary/aromatic N) is 2. The number of halogens is 1. The van der Waals surface area contributed by atoms with Gasteiger partial charge in [0.15, 0.2) is 0 Å². The SMILES string of the molecule is Cc1cc(/C=C2/NC(=O)N(CC(=O)Nc3ccccc3F)C2=O)c(C)n1C. The van der Waals surface area contributed by atoms with E-state index in [-0.39, 0.29) is 11.4 Å². The Hall–Kier alpha value is -3.42. The highest BCUT2D eigenvalue weighted by molar-refractivity contribution is 6.16. The van der Waals surface area contributed by atoms with Crippen molar-refractivity contribution in [1.29, 1.82) is 0 Å². The lowest BCUT2D eigenvalue weighted by Crippen LogP contribution is -2.38. The van der Waals surface area contributed by atoms with Crippen LogP contribution in [0.25, 0.3) is 6.08 Å². The maximum absolute atomic E-state index is 13.6. The Bertz CT molecular complexity index is 977. The molecule has 1 aliphatic rings. The Morgan fingerprint density at radius 3 is 2.59 bits per heavy atom. The maximum atomic E-state index is 13.6. The van der Waals surface area contributed by atoms with Gasteiger partial charge in [-0.3, -0.25) is 9.59 Å². The van der Waals surface area contributed by atoms with Crippen LogP contribution in [-0.2, 0) is 16.6 Å². The molecule has 1 saturated heterocycles. The minimum absolute atomic E-state index is 0.0132. The van der Waals surface area contributed by atoms with Crippen LogP contribution in [0, 0.1) is 19.7 Å². The molecule has 7 nitrogen and oxygen atoms in total. The second kappa shape index (κ2) is 7.06. The zero-order valence-electron chi connectivity index (χ0n) is 15.2. The van der Waals surface area contributed by atoms with Crippen molar-refractivity contribution in [2.75, 3.05) is 11.9 Å². The van der Waals surface area contributed by atoms with Gasteiger partial charge in [-0.1, -0.05) is 12.1 Å². The van der Waals surface area contributed by atoms with Crippen molar-refractivity contribution in [3.8, 4) is 0 Å². The zero-order valence-corrected chi connectivity index (χ0v) is 15.2. The number of imide groups is 1. The van der Waals surface area contributed by atoms with Gasteiger partial charge in [0.25, 0.3) is 5.91 Å². The second-order valence-electron chi connectivity index (χ2n) is 6.29. The van der Waals surface area contributed by atoms with Crippen molar-refractivity contribution < 1.29 is 18.8 Å². The second-order valence-corrected chi connectivity index (χ2v) is 6.29. The Morgan fingerprint density at radius 2 is 1.96 bits per heavy atom. The van der Waals surface area contributed by atoms with Crippen LogP contribution < -0.4 is 10.6 Å².